The molecule has 1 aromatic heterocycles. The van der Waals surface area contributed by atoms with Gasteiger partial charge in [0.15, 0.2) is 0 Å². The van der Waals surface area contributed by atoms with Gasteiger partial charge >= 0.3 is 0 Å². The molecule has 1 aromatic carbocycles. The maximum Gasteiger partial charge on any atom is 0.274 e. The number of imidazole rings is 1. The van der Waals surface area contributed by atoms with Crippen molar-refractivity contribution in [3.63, 3.8) is 0 Å². The van der Waals surface area contributed by atoms with Crippen LogP contribution in [0.25, 0.3) is 0 Å². The van der Waals surface area contributed by atoms with Gasteiger partial charge in [0.1, 0.15) is 23.2 Å². The Morgan fingerprint density at radius 1 is 1.39 bits per heavy atom. The molecule has 0 spiro atoms. The van der Waals surface area contributed by atoms with Gasteiger partial charge in [-0.05, 0) is 76.5 Å². The maximum absolute atomic E-state index is 13.5. The van der Waals surface area contributed by atoms with Crippen LogP contribution >= 0.6 is 11.6 Å². The normalized spacial score (nSPS) is 26.3. The van der Waals surface area contributed by atoms with E-state index in [9.17, 15) is 19.4 Å². The summed E-state index contributed by atoms with van der Waals surface area (Å²) in [5.41, 5.74) is -0.376. The summed E-state index contributed by atoms with van der Waals surface area (Å²) >= 11 is 5.85. The van der Waals surface area contributed by atoms with E-state index in [1.165, 1.54) is 18.2 Å². The van der Waals surface area contributed by atoms with E-state index in [-0.39, 0.29) is 41.4 Å². The van der Waals surface area contributed by atoms with Gasteiger partial charge in [-0.2, -0.15) is 0 Å². The van der Waals surface area contributed by atoms with E-state index in [4.69, 9.17) is 16.3 Å². The Hall–Kier alpha value is -2.44. The summed E-state index contributed by atoms with van der Waals surface area (Å²) < 4.78 is 20.7. The molecule has 2 fully saturated rings. The van der Waals surface area contributed by atoms with Gasteiger partial charge in [0.25, 0.3) is 5.91 Å². The number of aryl methyl sites for hydroxylation is 1. The van der Waals surface area contributed by atoms with E-state index in [2.05, 4.69) is 22.1 Å². The van der Waals surface area contributed by atoms with E-state index in [1.54, 1.807) is 38.7 Å². The van der Waals surface area contributed by atoms with Crippen molar-refractivity contribution in [2.45, 2.75) is 69.7 Å². The second-order valence-electron chi connectivity index (χ2n) is 10.8. The number of ether oxygens (including phenoxy) is 1. The molecule has 2 unspecified atom stereocenters. The highest BCUT2D eigenvalue weighted by molar-refractivity contribution is 6.31. The minimum absolute atomic E-state index is 0.0598. The fourth-order valence-electron chi connectivity index (χ4n) is 5.38. The smallest absolute Gasteiger partial charge is 0.274 e. The summed E-state index contributed by atoms with van der Waals surface area (Å²) in [6, 6.07) is 4.06. The second kappa shape index (κ2) is 10.1. The predicted octanol–water partition coefficient (Wildman–Crippen LogP) is 4.28. The van der Waals surface area contributed by atoms with Gasteiger partial charge in [-0.15, -0.1) is 0 Å². The molecule has 0 radical (unpaired) electrons. The van der Waals surface area contributed by atoms with Crippen LogP contribution in [0.3, 0.4) is 0 Å². The van der Waals surface area contributed by atoms with Crippen molar-refractivity contribution in [2.24, 2.45) is 18.9 Å². The number of halogens is 2. The fourth-order valence-corrected chi connectivity index (χ4v) is 5.56. The molecule has 1 heterocycles. The molecular weight excluding hydrogens is 485 g/mol. The summed E-state index contributed by atoms with van der Waals surface area (Å²) in [6.45, 7) is 5.32. The molecule has 2 aromatic rings. The second-order valence-corrected chi connectivity index (χ2v) is 11.2. The molecule has 3 atom stereocenters. The molecule has 36 heavy (non-hydrogen) atoms. The Balaban J connectivity index is 1.40. The van der Waals surface area contributed by atoms with E-state index in [0.29, 0.717) is 24.2 Å². The number of aromatic nitrogens is 2. The molecule has 1 amide bonds. The maximum atomic E-state index is 13.5. The molecule has 194 valence electrons. The summed E-state index contributed by atoms with van der Waals surface area (Å²) in [4.78, 5) is 17.6. The standard InChI is InChI=1S/C27H33ClFN3O4/c1-16(36-14-26(2,3)34)7-8-27(35)12-18-9-17(10-19(18)13-27)23-24(32(4)15-30-23)25(33)31-20-5-6-22(29)21(28)11-20/h5-6,11,15-19,34-35H,9-10,12-14H2,1-4H3,(H,31,33)/t16-,17?,18?,19?,27?/m0/s1. The number of anilines is 1. The first-order chi connectivity index (χ1) is 16.8. The highest BCUT2D eigenvalue weighted by Gasteiger charge is 2.49. The molecule has 0 saturated heterocycles. The van der Waals surface area contributed by atoms with Gasteiger partial charge < -0.3 is 24.8 Å². The Bertz CT molecular complexity index is 1180. The van der Waals surface area contributed by atoms with Crippen LogP contribution in [-0.4, -0.2) is 49.6 Å². The van der Waals surface area contributed by atoms with Crippen molar-refractivity contribution < 1.29 is 24.1 Å². The van der Waals surface area contributed by atoms with Crippen molar-refractivity contribution in [3.8, 4) is 11.8 Å². The number of rotatable bonds is 6. The Morgan fingerprint density at radius 2 is 2.06 bits per heavy atom. The quantitative estimate of drug-likeness (QED) is 0.497. The summed E-state index contributed by atoms with van der Waals surface area (Å²) in [5, 5.41) is 23.6. The molecule has 4 rings (SSSR count). The zero-order chi connectivity index (χ0) is 26.3. The zero-order valence-corrected chi connectivity index (χ0v) is 21.8. The first-order valence-electron chi connectivity index (χ1n) is 12.2. The van der Waals surface area contributed by atoms with Gasteiger partial charge in [-0.1, -0.05) is 23.4 Å². The zero-order valence-electron chi connectivity index (χ0n) is 21.0. The Labute approximate surface area is 216 Å². The number of fused-ring (bicyclic) bond motifs is 1. The molecule has 2 aliphatic carbocycles. The molecule has 2 aliphatic rings. The SMILES string of the molecule is C[C@@H](C#CC1(O)CC2CC(c3ncn(C)c3C(=O)Nc3ccc(F)c(Cl)c3)CC2C1)OCC(C)(C)O. The van der Waals surface area contributed by atoms with Crippen LogP contribution in [0.1, 0.15) is 68.6 Å². The van der Waals surface area contributed by atoms with E-state index >= 15 is 0 Å². The lowest BCUT2D eigenvalue weighted by Gasteiger charge is -2.20. The van der Waals surface area contributed by atoms with Crippen LogP contribution in [-0.2, 0) is 11.8 Å². The first-order valence-corrected chi connectivity index (χ1v) is 12.6. The largest absolute Gasteiger partial charge is 0.388 e. The van der Waals surface area contributed by atoms with Gasteiger partial charge in [0.05, 0.1) is 29.3 Å². The lowest BCUT2D eigenvalue weighted by Crippen LogP contribution is -2.29. The predicted molar refractivity (Wildman–Crippen MR) is 135 cm³/mol. The number of hydrogen-bond acceptors (Lipinski definition) is 5. The number of hydrogen-bond donors (Lipinski definition) is 3. The number of amides is 1. The van der Waals surface area contributed by atoms with Gasteiger partial charge in [-0.3, -0.25) is 4.79 Å². The van der Waals surface area contributed by atoms with Crippen LogP contribution in [0.2, 0.25) is 5.02 Å². The van der Waals surface area contributed by atoms with E-state index in [0.717, 1.165) is 18.5 Å². The molecule has 9 heteroatoms. The first kappa shape index (κ1) is 26.6. The lowest BCUT2D eigenvalue weighted by molar-refractivity contribution is -0.0329. The van der Waals surface area contributed by atoms with Gasteiger partial charge in [-0.25, -0.2) is 9.37 Å². The topological polar surface area (TPSA) is 96.6 Å². The number of carbonyl (C=O) groups is 1. The van der Waals surface area contributed by atoms with Crippen LogP contribution < -0.4 is 5.32 Å². The Kier molecular flexibility index (Phi) is 7.50. The minimum atomic E-state index is -1.06. The number of nitrogens with one attached hydrogen (secondary N) is 1. The number of benzene rings is 1. The molecule has 3 N–H and O–H groups in total. The molecular formula is C27H33ClFN3O4. The molecule has 0 aliphatic heterocycles. The monoisotopic (exact) mass is 517 g/mol. The summed E-state index contributed by atoms with van der Waals surface area (Å²) in [5.74, 6) is 5.82. The average Bonchev–Trinajstić information content (AvgIpc) is 3.44. The van der Waals surface area contributed by atoms with Crippen molar-refractivity contribution in [2.75, 3.05) is 11.9 Å². The van der Waals surface area contributed by atoms with Crippen LogP contribution in [0.15, 0.2) is 24.5 Å². The van der Waals surface area contributed by atoms with Crippen molar-refractivity contribution in [3.05, 3.63) is 46.8 Å². The minimum Gasteiger partial charge on any atom is -0.388 e. The third-order valence-electron chi connectivity index (χ3n) is 6.98. The van der Waals surface area contributed by atoms with Crippen LogP contribution in [0.5, 0.6) is 0 Å². The van der Waals surface area contributed by atoms with Crippen molar-refractivity contribution in [1.29, 1.82) is 0 Å². The highest BCUT2D eigenvalue weighted by atomic mass is 35.5. The number of aliphatic hydroxyl groups is 2. The Morgan fingerprint density at radius 3 is 2.67 bits per heavy atom. The number of nitrogens with zero attached hydrogens (tertiary/aromatic N) is 2. The van der Waals surface area contributed by atoms with Crippen LogP contribution in [0.4, 0.5) is 10.1 Å². The van der Waals surface area contributed by atoms with E-state index < -0.39 is 17.0 Å². The molecule has 2 saturated carbocycles. The fraction of sp³-hybridized carbons (Fsp3) is 0.556. The van der Waals surface area contributed by atoms with Gasteiger partial charge in [0, 0.05) is 18.7 Å². The highest BCUT2D eigenvalue weighted by Crippen LogP contribution is 2.53. The molecule has 0 bridgehead atoms. The average molecular weight is 518 g/mol. The third kappa shape index (κ3) is 6.09. The summed E-state index contributed by atoms with van der Waals surface area (Å²) in [7, 11) is 1.77. The van der Waals surface area contributed by atoms with Crippen molar-refractivity contribution >= 4 is 23.2 Å². The van der Waals surface area contributed by atoms with Gasteiger partial charge in [0.2, 0.25) is 0 Å². The van der Waals surface area contributed by atoms with E-state index in [1.807, 2.05) is 0 Å². The van der Waals surface area contributed by atoms with Crippen molar-refractivity contribution in [1.82, 2.24) is 9.55 Å². The molecule has 7 nitrogen and oxygen atoms in total. The lowest BCUT2D eigenvalue weighted by atomic mass is 9.92. The third-order valence-corrected chi connectivity index (χ3v) is 7.27. The van der Waals surface area contributed by atoms with Crippen LogP contribution in [0, 0.1) is 29.5 Å². The summed E-state index contributed by atoms with van der Waals surface area (Å²) in [6.07, 6.45) is 4.02. The number of carbonyl (C=O) groups excluding carboxylic acids is 1.